The largest absolute Gasteiger partial charge is 1.00 e. The standard InChI is InChI=1S/C12H13NO3.Na/c13-9-10-5-1-2-6-11(10)16-8-4-3-7-12(14)15;/h1-2,5-6H,3-4,7-8H2,(H,14,15);/q;+1/p-1. The Balaban J connectivity index is 0.00000256. The van der Waals surface area contributed by atoms with Crippen molar-refractivity contribution in [1.29, 1.82) is 5.26 Å². The molecule has 0 saturated heterocycles. The molecule has 0 atom stereocenters. The predicted molar refractivity (Wildman–Crippen MR) is 55.5 cm³/mol. The van der Waals surface area contributed by atoms with E-state index in [-0.39, 0.29) is 36.0 Å². The first-order valence-electron chi connectivity index (χ1n) is 5.06. The monoisotopic (exact) mass is 241 g/mol. The Bertz CT molecular complexity index is 401. The maximum absolute atomic E-state index is 10.1. The number of benzene rings is 1. The third-order valence-corrected chi connectivity index (χ3v) is 2.04. The summed E-state index contributed by atoms with van der Waals surface area (Å²) < 4.78 is 5.37. The summed E-state index contributed by atoms with van der Waals surface area (Å²) in [7, 11) is 0. The maximum Gasteiger partial charge on any atom is 1.00 e. The molecule has 84 valence electrons. The number of rotatable bonds is 6. The first kappa shape index (κ1) is 16.0. The molecule has 0 bridgehead atoms. The van der Waals surface area contributed by atoms with Gasteiger partial charge in [-0.15, -0.1) is 0 Å². The number of nitriles is 1. The van der Waals surface area contributed by atoms with E-state index in [0.29, 0.717) is 30.8 Å². The second-order valence-electron chi connectivity index (χ2n) is 3.29. The average molecular weight is 241 g/mol. The molecular weight excluding hydrogens is 229 g/mol. The Morgan fingerprint density at radius 2 is 2.06 bits per heavy atom. The molecule has 0 aliphatic heterocycles. The van der Waals surface area contributed by atoms with Gasteiger partial charge in [0, 0.05) is 5.97 Å². The number of para-hydroxylation sites is 1. The fraction of sp³-hybridized carbons (Fsp3) is 0.333. The van der Waals surface area contributed by atoms with Crippen LogP contribution < -0.4 is 39.4 Å². The number of unbranched alkanes of at least 4 members (excludes halogenated alkanes) is 1. The van der Waals surface area contributed by atoms with Gasteiger partial charge in [0.15, 0.2) is 0 Å². The summed E-state index contributed by atoms with van der Waals surface area (Å²) in [5, 5.41) is 18.9. The third kappa shape index (κ3) is 6.32. The number of aliphatic carboxylic acids is 1. The number of nitrogens with zero attached hydrogens (tertiary/aromatic N) is 1. The smallest absolute Gasteiger partial charge is 0.550 e. The van der Waals surface area contributed by atoms with Crippen molar-refractivity contribution in [2.75, 3.05) is 6.61 Å². The van der Waals surface area contributed by atoms with E-state index in [2.05, 4.69) is 0 Å². The Morgan fingerprint density at radius 1 is 1.35 bits per heavy atom. The maximum atomic E-state index is 10.1. The molecule has 5 heteroatoms. The van der Waals surface area contributed by atoms with Gasteiger partial charge in [-0.05, 0) is 31.4 Å². The van der Waals surface area contributed by atoms with Crippen LogP contribution in [0.2, 0.25) is 0 Å². The third-order valence-electron chi connectivity index (χ3n) is 2.04. The summed E-state index contributed by atoms with van der Waals surface area (Å²) >= 11 is 0. The molecule has 0 unspecified atom stereocenters. The molecule has 0 spiro atoms. The van der Waals surface area contributed by atoms with E-state index in [4.69, 9.17) is 10.00 Å². The van der Waals surface area contributed by atoms with Crippen LogP contribution >= 0.6 is 0 Å². The zero-order chi connectivity index (χ0) is 11.8. The summed E-state index contributed by atoms with van der Waals surface area (Å²) in [6.07, 6.45) is 1.20. The van der Waals surface area contributed by atoms with E-state index < -0.39 is 5.97 Å². The first-order chi connectivity index (χ1) is 7.74. The van der Waals surface area contributed by atoms with Gasteiger partial charge in [-0.3, -0.25) is 0 Å². The molecule has 0 amide bonds. The number of carbonyl (C=O) groups is 1. The molecule has 0 N–H and O–H groups in total. The minimum absolute atomic E-state index is 0. The van der Waals surface area contributed by atoms with Crippen LogP contribution in [0.15, 0.2) is 24.3 Å². The summed E-state index contributed by atoms with van der Waals surface area (Å²) in [6.45, 7) is 0.409. The topological polar surface area (TPSA) is 73.1 Å². The molecule has 0 radical (unpaired) electrons. The summed E-state index contributed by atoms with van der Waals surface area (Å²) in [5.74, 6) is -0.504. The van der Waals surface area contributed by atoms with Crippen molar-refractivity contribution in [2.45, 2.75) is 19.3 Å². The minimum atomic E-state index is -1.04. The zero-order valence-electron chi connectivity index (χ0n) is 9.81. The molecule has 17 heavy (non-hydrogen) atoms. The van der Waals surface area contributed by atoms with Crippen LogP contribution in [0.5, 0.6) is 5.75 Å². The van der Waals surface area contributed by atoms with E-state index in [9.17, 15) is 9.90 Å². The summed E-state index contributed by atoms with van der Waals surface area (Å²) in [6, 6.07) is 8.98. The number of carbonyl (C=O) groups excluding carboxylic acids is 1. The van der Waals surface area contributed by atoms with E-state index >= 15 is 0 Å². The van der Waals surface area contributed by atoms with Gasteiger partial charge in [0.1, 0.15) is 11.8 Å². The molecule has 0 aromatic heterocycles. The van der Waals surface area contributed by atoms with Gasteiger partial charge >= 0.3 is 29.6 Å². The molecule has 0 saturated carbocycles. The van der Waals surface area contributed by atoms with Crippen LogP contribution in [0.1, 0.15) is 24.8 Å². The van der Waals surface area contributed by atoms with E-state index in [1.54, 1.807) is 24.3 Å². The van der Waals surface area contributed by atoms with Crippen LogP contribution in [-0.4, -0.2) is 12.6 Å². The van der Waals surface area contributed by atoms with Gasteiger partial charge in [-0.25, -0.2) is 0 Å². The number of carboxylic acids is 1. The normalized spacial score (nSPS) is 8.88. The van der Waals surface area contributed by atoms with E-state index in [1.165, 1.54) is 0 Å². The number of carboxylic acid groups (broad SMARTS) is 1. The number of hydrogen-bond acceptors (Lipinski definition) is 4. The number of hydrogen-bond donors (Lipinski definition) is 0. The SMILES string of the molecule is N#Cc1ccccc1OCCCCC(=O)[O-].[Na+]. The van der Waals surface area contributed by atoms with Crippen molar-refractivity contribution in [3.63, 3.8) is 0 Å². The van der Waals surface area contributed by atoms with Gasteiger partial charge in [-0.1, -0.05) is 12.1 Å². The second kappa shape index (κ2) is 9.06. The van der Waals surface area contributed by atoms with Crippen molar-refractivity contribution < 1.29 is 44.2 Å². The van der Waals surface area contributed by atoms with Crippen molar-refractivity contribution in [1.82, 2.24) is 0 Å². The fourth-order valence-electron chi connectivity index (χ4n) is 1.24. The van der Waals surface area contributed by atoms with Crippen LogP contribution in [-0.2, 0) is 4.79 Å². The Kier molecular flexibility index (Phi) is 8.51. The van der Waals surface area contributed by atoms with Crippen molar-refractivity contribution >= 4 is 5.97 Å². The zero-order valence-corrected chi connectivity index (χ0v) is 11.8. The van der Waals surface area contributed by atoms with Crippen molar-refractivity contribution in [2.24, 2.45) is 0 Å². The second-order valence-corrected chi connectivity index (χ2v) is 3.29. The van der Waals surface area contributed by atoms with Gasteiger partial charge in [0.25, 0.3) is 0 Å². The molecule has 0 fully saturated rings. The Morgan fingerprint density at radius 3 is 2.71 bits per heavy atom. The molecule has 1 aromatic carbocycles. The van der Waals surface area contributed by atoms with Crippen molar-refractivity contribution in [3.05, 3.63) is 29.8 Å². The molecule has 0 aliphatic carbocycles. The summed E-state index contributed by atoms with van der Waals surface area (Å²) in [5.41, 5.74) is 0.488. The van der Waals surface area contributed by atoms with E-state index in [1.807, 2.05) is 6.07 Å². The Labute approximate surface area is 122 Å². The first-order valence-corrected chi connectivity index (χ1v) is 5.06. The van der Waals surface area contributed by atoms with Gasteiger partial charge in [-0.2, -0.15) is 5.26 Å². The molecule has 4 nitrogen and oxygen atoms in total. The van der Waals surface area contributed by atoms with Crippen LogP contribution in [0.4, 0.5) is 0 Å². The molecule has 0 heterocycles. The molecule has 0 aliphatic rings. The number of ether oxygens (including phenoxy) is 1. The van der Waals surface area contributed by atoms with E-state index in [0.717, 1.165) is 0 Å². The fourth-order valence-corrected chi connectivity index (χ4v) is 1.24. The molecular formula is C12H12NNaO3. The molecule has 1 rings (SSSR count). The van der Waals surface area contributed by atoms with Crippen LogP contribution in [0.25, 0.3) is 0 Å². The van der Waals surface area contributed by atoms with Gasteiger partial charge in [0.05, 0.1) is 12.2 Å². The average Bonchev–Trinajstić information content (AvgIpc) is 2.29. The predicted octanol–water partition coefficient (Wildman–Crippen LogP) is -2.14. The Hall–Kier alpha value is -1.02. The van der Waals surface area contributed by atoms with Crippen LogP contribution in [0.3, 0.4) is 0 Å². The minimum Gasteiger partial charge on any atom is -0.550 e. The molecule has 1 aromatic rings. The quantitative estimate of drug-likeness (QED) is 0.421. The van der Waals surface area contributed by atoms with Crippen LogP contribution in [0, 0.1) is 11.3 Å². The summed E-state index contributed by atoms with van der Waals surface area (Å²) in [4.78, 5) is 10.1. The van der Waals surface area contributed by atoms with Gasteiger partial charge in [0.2, 0.25) is 0 Å². The van der Waals surface area contributed by atoms with Gasteiger partial charge < -0.3 is 14.6 Å². The van der Waals surface area contributed by atoms with Crippen molar-refractivity contribution in [3.8, 4) is 11.8 Å².